The summed E-state index contributed by atoms with van der Waals surface area (Å²) in [5.74, 6) is 0.209. The van der Waals surface area contributed by atoms with Gasteiger partial charge in [-0.2, -0.15) is 5.26 Å². The van der Waals surface area contributed by atoms with Crippen molar-refractivity contribution in [3.05, 3.63) is 59.7 Å². The Morgan fingerprint density at radius 3 is 2.33 bits per heavy atom. The summed E-state index contributed by atoms with van der Waals surface area (Å²) in [6, 6.07) is 15.0. The molecule has 0 saturated heterocycles. The standard InChI is InChI=1S/C21H22N2O4/c1-15(2)11-12-26-19-9-5-17(6-10-19)21(25)27-14-20(24)23-18-7-3-16(13-22)4-8-18/h3-10,15H,11-12,14H2,1-2H3,(H,23,24). The van der Waals surface area contributed by atoms with Crippen LogP contribution >= 0.6 is 0 Å². The van der Waals surface area contributed by atoms with Gasteiger partial charge in [0.05, 0.1) is 23.8 Å². The molecule has 0 radical (unpaired) electrons. The molecule has 0 aliphatic rings. The average Bonchev–Trinajstić information content (AvgIpc) is 2.67. The van der Waals surface area contributed by atoms with Crippen LogP contribution in [0.1, 0.15) is 36.2 Å². The Morgan fingerprint density at radius 1 is 1.07 bits per heavy atom. The first-order chi connectivity index (χ1) is 13.0. The van der Waals surface area contributed by atoms with E-state index in [9.17, 15) is 9.59 Å². The van der Waals surface area contributed by atoms with Crippen molar-refractivity contribution < 1.29 is 19.1 Å². The Balaban J connectivity index is 1.78. The minimum absolute atomic E-state index is 0.345. The van der Waals surface area contributed by atoms with Crippen molar-refractivity contribution in [2.75, 3.05) is 18.5 Å². The van der Waals surface area contributed by atoms with Gasteiger partial charge in [0.25, 0.3) is 5.91 Å². The highest BCUT2D eigenvalue weighted by Crippen LogP contribution is 2.14. The second-order valence-corrected chi connectivity index (χ2v) is 6.37. The number of hydrogen-bond donors (Lipinski definition) is 1. The first-order valence-corrected chi connectivity index (χ1v) is 8.68. The maximum absolute atomic E-state index is 12.0. The Labute approximate surface area is 158 Å². The molecular formula is C21H22N2O4. The molecule has 2 aromatic carbocycles. The predicted molar refractivity (Wildman–Crippen MR) is 101 cm³/mol. The summed E-state index contributed by atoms with van der Waals surface area (Å²) in [7, 11) is 0. The summed E-state index contributed by atoms with van der Waals surface area (Å²) in [4.78, 5) is 23.9. The van der Waals surface area contributed by atoms with Gasteiger partial charge in [-0.25, -0.2) is 4.79 Å². The van der Waals surface area contributed by atoms with E-state index in [0.717, 1.165) is 6.42 Å². The molecule has 0 aliphatic heterocycles. The van der Waals surface area contributed by atoms with Crippen molar-refractivity contribution in [3.63, 3.8) is 0 Å². The van der Waals surface area contributed by atoms with E-state index in [2.05, 4.69) is 19.2 Å². The number of carbonyl (C=O) groups is 2. The topological polar surface area (TPSA) is 88.4 Å². The Morgan fingerprint density at radius 2 is 1.74 bits per heavy atom. The van der Waals surface area contributed by atoms with Gasteiger partial charge in [-0.15, -0.1) is 0 Å². The molecule has 0 unspecified atom stereocenters. The van der Waals surface area contributed by atoms with Crippen LogP contribution in [-0.4, -0.2) is 25.1 Å². The van der Waals surface area contributed by atoms with Crippen molar-refractivity contribution in [3.8, 4) is 11.8 Å². The minimum atomic E-state index is -0.585. The number of ether oxygens (including phenoxy) is 2. The third-order valence-corrected chi connectivity index (χ3v) is 3.69. The molecule has 0 aliphatic carbocycles. The number of esters is 1. The van der Waals surface area contributed by atoms with Gasteiger partial charge in [-0.3, -0.25) is 4.79 Å². The first kappa shape index (κ1) is 20.0. The van der Waals surface area contributed by atoms with Crippen LogP contribution in [0.25, 0.3) is 0 Å². The zero-order chi connectivity index (χ0) is 19.6. The van der Waals surface area contributed by atoms with Gasteiger partial charge in [0.15, 0.2) is 6.61 Å². The molecule has 6 heteroatoms. The van der Waals surface area contributed by atoms with E-state index in [-0.39, 0.29) is 0 Å². The van der Waals surface area contributed by atoms with Crippen LogP contribution in [0.15, 0.2) is 48.5 Å². The third-order valence-electron chi connectivity index (χ3n) is 3.69. The lowest BCUT2D eigenvalue weighted by Gasteiger charge is -2.09. The quantitative estimate of drug-likeness (QED) is 0.718. The van der Waals surface area contributed by atoms with Crippen molar-refractivity contribution in [1.82, 2.24) is 0 Å². The van der Waals surface area contributed by atoms with Gasteiger partial charge < -0.3 is 14.8 Å². The number of nitriles is 1. The average molecular weight is 366 g/mol. The van der Waals surface area contributed by atoms with Crippen molar-refractivity contribution >= 4 is 17.6 Å². The Bertz CT molecular complexity index is 806. The molecule has 1 amide bonds. The number of anilines is 1. The second-order valence-electron chi connectivity index (χ2n) is 6.37. The fourth-order valence-electron chi connectivity index (χ4n) is 2.14. The summed E-state index contributed by atoms with van der Waals surface area (Å²) in [6.45, 7) is 4.47. The molecule has 0 spiro atoms. The predicted octanol–water partition coefficient (Wildman–Crippen LogP) is 3.78. The zero-order valence-electron chi connectivity index (χ0n) is 15.4. The number of benzene rings is 2. The number of hydrogen-bond acceptors (Lipinski definition) is 5. The van der Waals surface area contributed by atoms with Gasteiger partial charge in [0, 0.05) is 5.69 Å². The highest BCUT2D eigenvalue weighted by molar-refractivity contribution is 5.95. The van der Waals surface area contributed by atoms with Crippen LogP contribution in [0, 0.1) is 17.2 Å². The van der Waals surface area contributed by atoms with E-state index in [1.807, 2.05) is 6.07 Å². The molecule has 0 heterocycles. The van der Waals surface area contributed by atoms with Crippen LogP contribution in [0.4, 0.5) is 5.69 Å². The summed E-state index contributed by atoms with van der Waals surface area (Å²) < 4.78 is 10.6. The van der Waals surface area contributed by atoms with Gasteiger partial charge in [-0.05, 0) is 60.9 Å². The molecule has 0 atom stereocenters. The van der Waals surface area contributed by atoms with E-state index >= 15 is 0 Å². The van der Waals surface area contributed by atoms with E-state index in [4.69, 9.17) is 14.7 Å². The summed E-state index contributed by atoms with van der Waals surface area (Å²) in [5, 5.41) is 11.3. The molecule has 0 aromatic heterocycles. The third kappa shape index (κ3) is 6.83. The van der Waals surface area contributed by atoms with Crippen LogP contribution in [0.3, 0.4) is 0 Å². The lowest BCUT2D eigenvalue weighted by atomic mass is 10.1. The number of nitrogens with one attached hydrogen (secondary N) is 1. The van der Waals surface area contributed by atoms with Gasteiger partial charge >= 0.3 is 5.97 Å². The summed E-state index contributed by atoms with van der Waals surface area (Å²) in [6.07, 6.45) is 0.956. The Kier molecular flexibility index (Phi) is 7.38. The molecule has 0 bridgehead atoms. The normalized spacial score (nSPS) is 10.1. The molecule has 0 fully saturated rings. The first-order valence-electron chi connectivity index (χ1n) is 8.68. The maximum Gasteiger partial charge on any atom is 0.338 e. The fraction of sp³-hybridized carbons (Fsp3) is 0.286. The monoisotopic (exact) mass is 366 g/mol. The van der Waals surface area contributed by atoms with Crippen LogP contribution in [-0.2, 0) is 9.53 Å². The van der Waals surface area contributed by atoms with Gasteiger partial charge in [0.2, 0.25) is 0 Å². The summed E-state index contributed by atoms with van der Waals surface area (Å²) >= 11 is 0. The van der Waals surface area contributed by atoms with Crippen molar-refractivity contribution in [2.45, 2.75) is 20.3 Å². The molecule has 0 saturated carbocycles. The highest BCUT2D eigenvalue weighted by Gasteiger charge is 2.11. The smallest absolute Gasteiger partial charge is 0.338 e. The van der Waals surface area contributed by atoms with Crippen LogP contribution in [0.5, 0.6) is 5.75 Å². The SMILES string of the molecule is CC(C)CCOc1ccc(C(=O)OCC(=O)Nc2ccc(C#N)cc2)cc1. The summed E-state index contributed by atoms with van der Waals surface area (Å²) in [5.41, 5.74) is 1.37. The van der Waals surface area contributed by atoms with Gasteiger partial charge in [-0.1, -0.05) is 13.8 Å². The van der Waals surface area contributed by atoms with E-state index in [1.54, 1.807) is 48.5 Å². The van der Waals surface area contributed by atoms with Crippen molar-refractivity contribution in [1.29, 1.82) is 5.26 Å². The molecule has 140 valence electrons. The molecule has 2 rings (SSSR count). The lowest BCUT2D eigenvalue weighted by molar-refractivity contribution is -0.119. The van der Waals surface area contributed by atoms with Crippen LogP contribution < -0.4 is 10.1 Å². The number of carbonyl (C=O) groups excluding carboxylic acids is 2. The zero-order valence-corrected chi connectivity index (χ0v) is 15.4. The number of nitrogens with zero attached hydrogens (tertiary/aromatic N) is 1. The molecule has 2 aromatic rings. The van der Waals surface area contributed by atoms with Crippen molar-refractivity contribution in [2.24, 2.45) is 5.92 Å². The molecule has 27 heavy (non-hydrogen) atoms. The lowest BCUT2D eigenvalue weighted by Crippen LogP contribution is -2.20. The number of rotatable bonds is 8. The van der Waals surface area contributed by atoms with Crippen LogP contribution in [0.2, 0.25) is 0 Å². The molecule has 6 nitrogen and oxygen atoms in total. The molecular weight excluding hydrogens is 344 g/mol. The largest absolute Gasteiger partial charge is 0.494 e. The second kappa shape index (κ2) is 9.97. The number of amides is 1. The van der Waals surface area contributed by atoms with E-state index in [0.29, 0.717) is 35.1 Å². The van der Waals surface area contributed by atoms with E-state index in [1.165, 1.54) is 0 Å². The highest BCUT2D eigenvalue weighted by atomic mass is 16.5. The fourth-order valence-corrected chi connectivity index (χ4v) is 2.14. The van der Waals surface area contributed by atoms with Gasteiger partial charge in [0.1, 0.15) is 5.75 Å². The maximum atomic E-state index is 12.0. The van der Waals surface area contributed by atoms with E-state index < -0.39 is 18.5 Å². The molecule has 1 N–H and O–H groups in total. The Hall–Kier alpha value is -3.33. The minimum Gasteiger partial charge on any atom is -0.494 e.